The number of nitrogens with zero attached hydrogens (tertiary/aromatic N) is 5. The Balaban J connectivity index is 1.10. The molecule has 1 aliphatic rings. The number of rotatable bonds is 7. The minimum atomic E-state index is -0.433. The first-order chi connectivity index (χ1) is 19.7. The third-order valence-electron chi connectivity index (χ3n) is 6.18. The maximum absolute atomic E-state index is 12.4. The smallest absolute Gasteiger partial charge is 0.300 e. The molecule has 1 unspecified atom stereocenters. The molecule has 2 N–H and O–H groups in total. The normalized spacial score (nSPS) is 14.8. The van der Waals surface area contributed by atoms with Crippen LogP contribution >= 0.6 is 0 Å². The SMILES string of the molecule is O=C(C#CCOC1CCCCO1)Nc1ccc2ncnc(Nc3ccc(Oc4ccn5ncnc5c4)cc3)c2c1. The van der Waals surface area contributed by atoms with Crippen LogP contribution in [0.3, 0.4) is 0 Å². The van der Waals surface area contributed by atoms with Gasteiger partial charge >= 0.3 is 0 Å². The lowest BCUT2D eigenvalue weighted by Crippen LogP contribution is -2.22. The van der Waals surface area contributed by atoms with Gasteiger partial charge in [0.1, 0.15) is 36.6 Å². The molecule has 1 aliphatic heterocycles. The van der Waals surface area contributed by atoms with Crippen molar-refractivity contribution in [2.75, 3.05) is 23.8 Å². The highest BCUT2D eigenvalue weighted by Crippen LogP contribution is 2.28. The molecule has 4 heterocycles. The largest absolute Gasteiger partial charge is 0.457 e. The van der Waals surface area contributed by atoms with E-state index in [0.29, 0.717) is 35.3 Å². The number of hydrogen-bond donors (Lipinski definition) is 2. The molecule has 200 valence electrons. The second kappa shape index (κ2) is 11.8. The van der Waals surface area contributed by atoms with Crippen LogP contribution in [-0.2, 0) is 14.3 Å². The average molecular weight is 536 g/mol. The molecule has 6 rings (SSSR count). The van der Waals surface area contributed by atoms with Crippen LogP contribution in [-0.4, -0.2) is 50.0 Å². The van der Waals surface area contributed by atoms with Gasteiger partial charge in [0.15, 0.2) is 11.9 Å². The van der Waals surface area contributed by atoms with Gasteiger partial charge in [-0.1, -0.05) is 5.92 Å². The molecule has 1 saturated heterocycles. The minimum Gasteiger partial charge on any atom is -0.457 e. The zero-order valence-electron chi connectivity index (χ0n) is 21.4. The molecular weight excluding hydrogens is 510 g/mol. The summed E-state index contributed by atoms with van der Waals surface area (Å²) in [5, 5.41) is 10.9. The zero-order chi connectivity index (χ0) is 27.1. The molecular formula is C29H25N7O4. The third-order valence-corrected chi connectivity index (χ3v) is 6.18. The highest BCUT2D eigenvalue weighted by atomic mass is 16.7. The van der Waals surface area contributed by atoms with Crippen LogP contribution < -0.4 is 15.4 Å². The fourth-order valence-electron chi connectivity index (χ4n) is 4.23. The van der Waals surface area contributed by atoms with Gasteiger partial charge in [0.25, 0.3) is 5.91 Å². The van der Waals surface area contributed by atoms with Crippen molar-refractivity contribution in [2.24, 2.45) is 0 Å². The first-order valence-corrected chi connectivity index (χ1v) is 12.8. The van der Waals surface area contributed by atoms with Crippen LogP contribution in [0.2, 0.25) is 0 Å². The summed E-state index contributed by atoms with van der Waals surface area (Å²) >= 11 is 0. The molecule has 1 atom stereocenters. The average Bonchev–Trinajstić information content (AvgIpc) is 3.45. The maximum atomic E-state index is 12.4. The first-order valence-electron chi connectivity index (χ1n) is 12.8. The van der Waals surface area contributed by atoms with E-state index in [4.69, 9.17) is 14.2 Å². The lowest BCUT2D eigenvalue weighted by molar-refractivity contribution is -0.154. The molecule has 0 saturated carbocycles. The summed E-state index contributed by atoms with van der Waals surface area (Å²) in [6.45, 7) is 0.835. The van der Waals surface area contributed by atoms with Gasteiger partial charge < -0.3 is 24.8 Å². The Bertz CT molecular complexity index is 1700. The number of carbonyl (C=O) groups is 1. The Labute approximate surface area is 229 Å². The van der Waals surface area contributed by atoms with E-state index >= 15 is 0 Å². The van der Waals surface area contributed by atoms with E-state index in [1.165, 1.54) is 12.7 Å². The minimum absolute atomic E-state index is 0.138. The van der Waals surface area contributed by atoms with Crippen molar-refractivity contribution in [3.8, 4) is 23.3 Å². The van der Waals surface area contributed by atoms with Crippen LogP contribution in [0, 0.1) is 11.8 Å². The number of benzene rings is 2. The lowest BCUT2D eigenvalue weighted by Gasteiger charge is -2.21. The summed E-state index contributed by atoms with van der Waals surface area (Å²) in [4.78, 5) is 25.3. The number of hydrogen-bond acceptors (Lipinski definition) is 9. The number of ether oxygens (including phenoxy) is 3. The maximum Gasteiger partial charge on any atom is 0.300 e. The van der Waals surface area contributed by atoms with Crippen molar-refractivity contribution in [1.29, 1.82) is 0 Å². The Hall–Kier alpha value is -5.05. The molecule has 1 fully saturated rings. The van der Waals surface area contributed by atoms with E-state index in [1.807, 2.05) is 48.5 Å². The van der Waals surface area contributed by atoms with E-state index in [0.717, 1.165) is 35.9 Å². The Morgan fingerprint density at radius 3 is 2.77 bits per heavy atom. The number of pyridine rings is 1. The molecule has 2 aromatic carbocycles. The van der Waals surface area contributed by atoms with Crippen molar-refractivity contribution in [3.63, 3.8) is 0 Å². The third kappa shape index (κ3) is 6.15. The summed E-state index contributed by atoms with van der Waals surface area (Å²) in [5.74, 6) is 6.79. The van der Waals surface area contributed by atoms with Crippen LogP contribution in [0.25, 0.3) is 16.6 Å². The summed E-state index contributed by atoms with van der Waals surface area (Å²) < 4.78 is 18.7. The van der Waals surface area contributed by atoms with E-state index in [-0.39, 0.29) is 12.9 Å². The standard InChI is InChI=1S/C29H25N7O4/c37-27(4-3-15-39-28-5-1-2-14-38-28)34-21-8-11-25-24(16-21)29(32-18-30-25)35-20-6-9-22(10-7-20)40-23-12-13-36-26(17-23)31-19-33-36/h6-13,16-19,28H,1-2,5,14-15H2,(H,34,37)(H,30,32,35). The molecule has 0 bridgehead atoms. The van der Waals surface area contributed by atoms with Gasteiger partial charge in [0, 0.05) is 35.6 Å². The lowest BCUT2D eigenvalue weighted by atomic mass is 10.2. The molecule has 0 aliphatic carbocycles. The molecule has 40 heavy (non-hydrogen) atoms. The van der Waals surface area contributed by atoms with E-state index < -0.39 is 5.91 Å². The summed E-state index contributed by atoms with van der Waals surface area (Å²) in [6.07, 6.45) is 7.50. The molecule has 0 radical (unpaired) electrons. The number of anilines is 3. The number of aromatic nitrogens is 5. The summed E-state index contributed by atoms with van der Waals surface area (Å²) in [5.41, 5.74) is 2.82. The van der Waals surface area contributed by atoms with Gasteiger partial charge in [-0.3, -0.25) is 4.79 Å². The quantitative estimate of drug-likeness (QED) is 0.286. The molecule has 3 aromatic heterocycles. The number of fused-ring (bicyclic) bond motifs is 2. The van der Waals surface area contributed by atoms with Gasteiger partial charge in [0.2, 0.25) is 0 Å². The second-order valence-electron chi connectivity index (χ2n) is 8.99. The van der Waals surface area contributed by atoms with Crippen LogP contribution in [0.15, 0.2) is 73.4 Å². The van der Waals surface area contributed by atoms with Gasteiger partial charge in [-0.25, -0.2) is 19.5 Å². The highest BCUT2D eigenvalue weighted by Gasteiger charge is 2.13. The second-order valence-corrected chi connectivity index (χ2v) is 8.99. The van der Waals surface area contributed by atoms with E-state index in [9.17, 15) is 4.79 Å². The highest BCUT2D eigenvalue weighted by molar-refractivity contribution is 6.05. The van der Waals surface area contributed by atoms with Gasteiger partial charge in [-0.15, -0.1) is 0 Å². The first kappa shape index (κ1) is 25.2. The predicted octanol–water partition coefficient (Wildman–Crippen LogP) is 4.69. The molecule has 0 spiro atoms. The topological polar surface area (TPSA) is 125 Å². The van der Waals surface area contributed by atoms with Crippen LogP contribution in [0.4, 0.5) is 17.2 Å². The van der Waals surface area contributed by atoms with Crippen molar-refractivity contribution in [3.05, 3.63) is 73.4 Å². The number of carbonyl (C=O) groups excluding carboxylic acids is 1. The van der Waals surface area contributed by atoms with Gasteiger partial charge in [-0.2, -0.15) is 5.10 Å². The van der Waals surface area contributed by atoms with E-state index in [1.54, 1.807) is 16.8 Å². The number of amides is 1. The van der Waals surface area contributed by atoms with Crippen molar-refractivity contribution >= 4 is 39.6 Å². The fraction of sp³-hybridized carbons (Fsp3) is 0.207. The fourth-order valence-corrected chi connectivity index (χ4v) is 4.23. The molecule has 5 aromatic rings. The number of nitrogens with one attached hydrogen (secondary N) is 2. The van der Waals surface area contributed by atoms with Gasteiger partial charge in [0.05, 0.1) is 5.52 Å². The monoisotopic (exact) mass is 535 g/mol. The predicted molar refractivity (Wildman–Crippen MR) is 148 cm³/mol. The molecule has 11 heteroatoms. The van der Waals surface area contributed by atoms with Crippen molar-refractivity contribution < 1.29 is 19.0 Å². The van der Waals surface area contributed by atoms with Crippen molar-refractivity contribution in [1.82, 2.24) is 24.6 Å². The summed E-state index contributed by atoms with van der Waals surface area (Å²) in [7, 11) is 0. The Morgan fingerprint density at radius 1 is 1.00 bits per heavy atom. The summed E-state index contributed by atoms with van der Waals surface area (Å²) in [6, 6.07) is 16.5. The van der Waals surface area contributed by atoms with E-state index in [2.05, 4.69) is 42.5 Å². The zero-order valence-corrected chi connectivity index (χ0v) is 21.4. The Kier molecular flexibility index (Phi) is 7.43. The van der Waals surface area contributed by atoms with Gasteiger partial charge in [-0.05, 0) is 73.7 Å². The Morgan fingerprint density at radius 2 is 1.90 bits per heavy atom. The van der Waals surface area contributed by atoms with Crippen molar-refractivity contribution in [2.45, 2.75) is 25.6 Å². The van der Waals surface area contributed by atoms with Crippen LogP contribution in [0.5, 0.6) is 11.5 Å². The molecule has 11 nitrogen and oxygen atoms in total. The van der Waals surface area contributed by atoms with Crippen LogP contribution in [0.1, 0.15) is 19.3 Å². The molecule has 1 amide bonds.